The van der Waals surface area contributed by atoms with Crippen molar-refractivity contribution in [3.63, 3.8) is 0 Å². The fraction of sp³-hybridized carbons (Fsp3) is 0.650. The van der Waals surface area contributed by atoms with Crippen LogP contribution in [0, 0.1) is 5.41 Å². The van der Waals surface area contributed by atoms with Crippen LogP contribution < -0.4 is 15.4 Å². The van der Waals surface area contributed by atoms with Crippen LogP contribution >= 0.6 is 0 Å². The number of rotatable bonds is 10. The average Bonchev–Trinajstić information content (AvgIpc) is 2.72. The second-order valence-electron chi connectivity index (χ2n) is 7.17. The molecule has 2 rings (SSSR count). The molecule has 0 aromatic carbocycles. The smallest absolute Gasteiger partial charge is 0.270 e. The van der Waals surface area contributed by atoms with Gasteiger partial charge in [-0.3, -0.25) is 15.1 Å². The van der Waals surface area contributed by atoms with E-state index in [2.05, 4.69) is 15.6 Å². The van der Waals surface area contributed by atoms with Crippen molar-refractivity contribution < 1.29 is 18.3 Å². The highest BCUT2D eigenvalue weighted by Gasteiger charge is 2.25. The number of anilines is 1. The maximum absolute atomic E-state index is 12.5. The van der Waals surface area contributed by atoms with Gasteiger partial charge in [0.2, 0.25) is 5.88 Å². The summed E-state index contributed by atoms with van der Waals surface area (Å²) in [5.41, 5.74) is 0.197. The zero-order chi connectivity index (χ0) is 21.4. The molecule has 162 valence electrons. The molecule has 0 saturated carbocycles. The van der Waals surface area contributed by atoms with Crippen LogP contribution in [0.1, 0.15) is 45.1 Å². The van der Waals surface area contributed by atoms with Gasteiger partial charge in [-0.1, -0.05) is 13.8 Å². The number of amides is 1. The number of aromatic nitrogens is 1. The normalized spacial score (nSPS) is 15.6. The summed E-state index contributed by atoms with van der Waals surface area (Å²) < 4.78 is 30.8. The van der Waals surface area contributed by atoms with E-state index in [1.165, 1.54) is 0 Å². The van der Waals surface area contributed by atoms with Crippen molar-refractivity contribution in [2.75, 3.05) is 32.0 Å². The summed E-state index contributed by atoms with van der Waals surface area (Å²) in [6.45, 7) is 4.86. The summed E-state index contributed by atoms with van der Waals surface area (Å²) in [5, 5.41) is 14.0. The molecular weight excluding hydrogens is 380 g/mol. The number of carbonyl (C=O) groups is 1. The molecule has 1 aromatic heterocycles. The lowest BCUT2D eigenvalue weighted by atomic mass is 10.0. The molecular formula is C20H31F2N5O2. The van der Waals surface area contributed by atoms with Gasteiger partial charge in [0.15, 0.2) is 0 Å². The summed E-state index contributed by atoms with van der Waals surface area (Å²) in [6, 6.07) is 3.20. The largest absolute Gasteiger partial charge is 0.474 e. The first kappa shape index (κ1) is 23.0. The Bertz CT molecular complexity index is 689. The minimum atomic E-state index is -2.35. The van der Waals surface area contributed by atoms with Crippen LogP contribution in [0.4, 0.5) is 14.6 Å². The Labute approximate surface area is 170 Å². The molecule has 29 heavy (non-hydrogen) atoms. The van der Waals surface area contributed by atoms with E-state index in [1.54, 1.807) is 24.1 Å². The third-order valence-electron chi connectivity index (χ3n) is 5.12. The van der Waals surface area contributed by atoms with Crippen molar-refractivity contribution >= 4 is 17.4 Å². The van der Waals surface area contributed by atoms with Crippen molar-refractivity contribution in [3.8, 4) is 5.88 Å². The van der Waals surface area contributed by atoms with E-state index < -0.39 is 12.3 Å². The molecule has 0 unspecified atom stereocenters. The van der Waals surface area contributed by atoms with E-state index in [-0.39, 0.29) is 24.4 Å². The number of hydrogen-bond acceptors (Lipinski definition) is 6. The number of nitrogens with one attached hydrogen (secondary N) is 3. The van der Waals surface area contributed by atoms with Gasteiger partial charge in [-0.25, -0.2) is 8.78 Å². The number of alkyl halides is 2. The van der Waals surface area contributed by atoms with Gasteiger partial charge in [0.25, 0.3) is 12.3 Å². The van der Waals surface area contributed by atoms with Crippen molar-refractivity contribution in [1.82, 2.24) is 15.2 Å². The number of likely N-dealkylation sites (tertiary alicyclic amines) is 1. The molecule has 0 atom stereocenters. The number of hydrogen-bond donors (Lipinski definition) is 3. The fourth-order valence-electron chi connectivity index (χ4n) is 3.36. The van der Waals surface area contributed by atoms with Gasteiger partial charge in [0.05, 0.1) is 12.6 Å². The third-order valence-corrected chi connectivity index (χ3v) is 5.12. The van der Waals surface area contributed by atoms with Gasteiger partial charge < -0.3 is 15.4 Å². The molecule has 1 aromatic rings. The van der Waals surface area contributed by atoms with Gasteiger partial charge >= 0.3 is 0 Å². The maximum atomic E-state index is 12.5. The number of nitrogens with zero attached hydrogens (tertiary/aromatic N) is 2. The van der Waals surface area contributed by atoms with Gasteiger partial charge in [-0.15, -0.1) is 0 Å². The molecule has 1 saturated heterocycles. The topological polar surface area (TPSA) is 90.3 Å². The van der Waals surface area contributed by atoms with Crippen LogP contribution in [0.2, 0.25) is 0 Å². The Morgan fingerprint density at radius 2 is 1.97 bits per heavy atom. The molecule has 2 heterocycles. The van der Waals surface area contributed by atoms with E-state index >= 15 is 0 Å². The standard InChI is InChI=1S/C20H31F2N5O2/c1-4-14(5-2)29-17-7-6-15(19(24-3)26-17)18(23)20(28)25-13-8-10-27(11-9-13)12-16(21)22/h6-7,13-14,16,23H,4-5,8-12H2,1-3H3,(H,24,26)(H,25,28). The molecule has 0 spiro atoms. The van der Waals surface area contributed by atoms with Crippen molar-refractivity contribution in [3.05, 3.63) is 17.7 Å². The first-order valence-electron chi connectivity index (χ1n) is 10.1. The Balaban J connectivity index is 1.97. The lowest BCUT2D eigenvalue weighted by Gasteiger charge is -2.32. The number of piperidine rings is 1. The predicted octanol–water partition coefficient (Wildman–Crippen LogP) is 2.90. The monoisotopic (exact) mass is 411 g/mol. The van der Waals surface area contributed by atoms with Crippen LogP contribution in [0.25, 0.3) is 0 Å². The molecule has 0 radical (unpaired) electrons. The average molecular weight is 411 g/mol. The third kappa shape index (κ3) is 6.62. The SMILES string of the molecule is CCC(CC)Oc1ccc(C(=N)C(=O)NC2CCN(CC(F)F)CC2)c(NC)n1. The van der Waals surface area contributed by atoms with E-state index in [0.29, 0.717) is 43.2 Å². The van der Waals surface area contributed by atoms with E-state index in [9.17, 15) is 13.6 Å². The van der Waals surface area contributed by atoms with Gasteiger partial charge in [0.1, 0.15) is 11.5 Å². The minimum Gasteiger partial charge on any atom is -0.474 e. The molecule has 0 bridgehead atoms. The van der Waals surface area contributed by atoms with Crippen LogP contribution in [0.3, 0.4) is 0 Å². The first-order chi connectivity index (χ1) is 13.9. The Kier molecular flexibility index (Phi) is 8.75. The van der Waals surface area contributed by atoms with Crippen molar-refractivity contribution in [2.45, 2.75) is 58.1 Å². The van der Waals surface area contributed by atoms with E-state index in [1.807, 2.05) is 13.8 Å². The lowest BCUT2D eigenvalue weighted by Crippen LogP contribution is -2.47. The van der Waals surface area contributed by atoms with Crippen molar-refractivity contribution in [1.29, 1.82) is 5.41 Å². The first-order valence-corrected chi connectivity index (χ1v) is 10.1. The molecule has 3 N–H and O–H groups in total. The van der Waals surface area contributed by atoms with Crippen LogP contribution in [-0.4, -0.2) is 66.8 Å². The van der Waals surface area contributed by atoms with E-state index in [0.717, 1.165) is 12.8 Å². The molecule has 0 aliphatic carbocycles. The fourth-order valence-corrected chi connectivity index (χ4v) is 3.36. The van der Waals surface area contributed by atoms with Crippen molar-refractivity contribution in [2.24, 2.45) is 0 Å². The summed E-state index contributed by atoms with van der Waals surface area (Å²) in [5.74, 6) is 0.357. The zero-order valence-electron chi connectivity index (χ0n) is 17.3. The predicted molar refractivity (Wildman–Crippen MR) is 109 cm³/mol. The van der Waals surface area contributed by atoms with Crippen LogP contribution in [0.5, 0.6) is 5.88 Å². The second kappa shape index (κ2) is 11.0. The second-order valence-corrected chi connectivity index (χ2v) is 7.17. The highest BCUT2D eigenvalue weighted by molar-refractivity contribution is 6.45. The van der Waals surface area contributed by atoms with Gasteiger partial charge in [-0.05, 0) is 31.7 Å². The lowest BCUT2D eigenvalue weighted by molar-refractivity contribution is -0.115. The molecule has 1 fully saturated rings. The zero-order valence-corrected chi connectivity index (χ0v) is 17.3. The summed E-state index contributed by atoms with van der Waals surface area (Å²) in [4.78, 5) is 18.6. The Hall–Kier alpha value is -2.29. The summed E-state index contributed by atoms with van der Waals surface area (Å²) >= 11 is 0. The van der Waals surface area contributed by atoms with Crippen LogP contribution in [0.15, 0.2) is 12.1 Å². The minimum absolute atomic E-state index is 0.0664. The van der Waals surface area contributed by atoms with Gasteiger partial charge in [0, 0.05) is 37.8 Å². The number of ether oxygens (including phenoxy) is 1. The Morgan fingerprint density at radius 1 is 1.31 bits per heavy atom. The van der Waals surface area contributed by atoms with Gasteiger partial charge in [-0.2, -0.15) is 4.98 Å². The maximum Gasteiger partial charge on any atom is 0.270 e. The summed E-state index contributed by atoms with van der Waals surface area (Å²) in [6.07, 6.45) is 0.623. The highest BCUT2D eigenvalue weighted by Crippen LogP contribution is 2.21. The number of halogens is 2. The number of pyridine rings is 1. The molecule has 9 heteroatoms. The molecule has 1 amide bonds. The van der Waals surface area contributed by atoms with E-state index in [4.69, 9.17) is 10.1 Å². The quantitative estimate of drug-likeness (QED) is 0.515. The molecule has 7 nitrogen and oxygen atoms in total. The Morgan fingerprint density at radius 3 is 2.52 bits per heavy atom. The van der Waals surface area contributed by atoms with Crippen LogP contribution in [-0.2, 0) is 4.79 Å². The highest BCUT2D eigenvalue weighted by atomic mass is 19.3. The number of carbonyl (C=O) groups excluding carboxylic acids is 1. The summed E-state index contributed by atoms with van der Waals surface area (Å²) in [7, 11) is 1.68. The molecule has 1 aliphatic rings. The molecule has 1 aliphatic heterocycles.